The van der Waals surface area contributed by atoms with Crippen molar-refractivity contribution in [1.29, 1.82) is 0 Å². The van der Waals surface area contributed by atoms with E-state index >= 15 is 0 Å². The van der Waals surface area contributed by atoms with Gasteiger partial charge in [-0.25, -0.2) is 4.99 Å². The molecule has 2 aromatic rings. The average molecular weight is 512 g/mol. The number of hydrogen-bond donors (Lipinski definition) is 2. The van der Waals surface area contributed by atoms with Gasteiger partial charge >= 0.3 is 0 Å². The predicted octanol–water partition coefficient (Wildman–Crippen LogP) is 4.48. The topological polar surface area (TPSA) is 72.1 Å². The lowest BCUT2D eigenvalue weighted by molar-refractivity contribution is 0.332. The van der Waals surface area contributed by atoms with Crippen LogP contribution >= 0.6 is 24.0 Å². The third kappa shape index (κ3) is 8.49. The van der Waals surface area contributed by atoms with Gasteiger partial charge in [-0.1, -0.05) is 31.2 Å². The Hall–Kier alpha value is -2.00. The Morgan fingerprint density at radius 1 is 1.03 bits per heavy atom. The number of guanidine groups is 1. The SMILES string of the molecule is CCOc1ccc(OCC)c(NC(N)=NCc2cccc(CN(C)CC)c2)c1.I. The number of nitrogens with zero attached hydrogens (tertiary/aromatic N) is 2. The number of ether oxygens (including phenoxy) is 2. The van der Waals surface area contributed by atoms with Crippen LogP contribution < -0.4 is 20.5 Å². The van der Waals surface area contributed by atoms with E-state index in [0.717, 1.165) is 30.1 Å². The highest BCUT2D eigenvalue weighted by Crippen LogP contribution is 2.29. The van der Waals surface area contributed by atoms with Crippen molar-refractivity contribution < 1.29 is 9.47 Å². The standard InChI is InChI=1S/C22H32N4O2.HI/c1-5-26(4)16-18-10-8-9-17(13-18)15-24-22(23)25-20-14-19(27-6-2)11-12-21(20)28-7-3;/h8-14H,5-7,15-16H2,1-4H3,(H3,23,24,25);1H. The van der Waals surface area contributed by atoms with Crippen LogP contribution in [0.1, 0.15) is 31.9 Å². The summed E-state index contributed by atoms with van der Waals surface area (Å²) < 4.78 is 11.2. The van der Waals surface area contributed by atoms with Crippen LogP contribution in [0.2, 0.25) is 0 Å². The first-order valence-electron chi connectivity index (χ1n) is 9.78. The molecule has 0 aliphatic carbocycles. The number of aliphatic imine (C=N–C) groups is 1. The zero-order valence-corrected chi connectivity index (χ0v) is 20.1. The minimum Gasteiger partial charge on any atom is -0.494 e. The van der Waals surface area contributed by atoms with Crippen LogP contribution in [0.3, 0.4) is 0 Å². The van der Waals surface area contributed by atoms with E-state index in [1.807, 2.05) is 32.0 Å². The van der Waals surface area contributed by atoms with Gasteiger partial charge < -0.3 is 25.4 Å². The highest BCUT2D eigenvalue weighted by molar-refractivity contribution is 14.0. The maximum atomic E-state index is 6.12. The lowest BCUT2D eigenvalue weighted by Crippen LogP contribution is -2.23. The first kappa shape index (κ1) is 25.0. The van der Waals surface area contributed by atoms with Crippen LogP contribution in [0.4, 0.5) is 5.69 Å². The van der Waals surface area contributed by atoms with Crippen molar-refractivity contribution >= 4 is 35.6 Å². The number of nitrogens with two attached hydrogens (primary N) is 1. The van der Waals surface area contributed by atoms with Crippen molar-refractivity contribution in [1.82, 2.24) is 4.90 Å². The quantitative estimate of drug-likeness (QED) is 0.279. The molecule has 0 aliphatic heterocycles. The Labute approximate surface area is 191 Å². The van der Waals surface area contributed by atoms with Crippen molar-refractivity contribution in [2.24, 2.45) is 10.7 Å². The van der Waals surface area contributed by atoms with E-state index in [9.17, 15) is 0 Å². The summed E-state index contributed by atoms with van der Waals surface area (Å²) in [6.45, 7) is 9.66. The summed E-state index contributed by atoms with van der Waals surface area (Å²) in [5.74, 6) is 1.81. The summed E-state index contributed by atoms with van der Waals surface area (Å²) >= 11 is 0. The molecule has 0 atom stereocenters. The van der Waals surface area contributed by atoms with Crippen LogP contribution in [0.25, 0.3) is 0 Å². The molecule has 0 bridgehead atoms. The molecule has 0 radical (unpaired) electrons. The third-order valence-corrected chi connectivity index (χ3v) is 4.24. The van der Waals surface area contributed by atoms with E-state index in [1.165, 1.54) is 5.56 Å². The van der Waals surface area contributed by atoms with Gasteiger partial charge in [0.25, 0.3) is 0 Å². The van der Waals surface area contributed by atoms with E-state index in [1.54, 1.807) is 0 Å². The molecule has 0 aromatic heterocycles. The fraction of sp³-hybridized carbons (Fsp3) is 0.409. The monoisotopic (exact) mass is 512 g/mol. The summed E-state index contributed by atoms with van der Waals surface area (Å²) in [4.78, 5) is 6.74. The van der Waals surface area contributed by atoms with Gasteiger partial charge in [0.05, 0.1) is 25.4 Å². The normalized spacial score (nSPS) is 11.1. The van der Waals surface area contributed by atoms with Gasteiger partial charge in [0, 0.05) is 12.6 Å². The van der Waals surface area contributed by atoms with E-state index in [0.29, 0.717) is 31.5 Å². The molecule has 0 saturated carbocycles. The maximum absolute atomic E-state index is 6.12. The van der Waals surface area contributed by atoms with Gasteiger partial charge in [-0.05, 0) is 50.7 Å². The first-order valence-corrected chi connectivity index (χ1v) is 9.78. The lowest BCUT2D eigenvalue weighted by atomic mass is 10.1. The molecule has 7 heteroatoms. The molecule has 0 fully saturated rings. The van der Waals surface area contributed by atoms with Gasteiger partial charge in [-0.2, -0.15) is 0 Å². The lowest BCUT2D eigenvalue weighted by Gasteiger charge is -2.15. The highest BCUT2D eigenvalue weighted by Gasteiger charge is 2.07. The van der Waals surface area contributed by atoms with Crippen molar-refractivity contribution in [3.05, 3.63) is 53.6 Å². The minimum absolute atomic E-state index is 0. The van der Waals surface area contributed by atoms with Gasteiger partial charge in [-0.3, -0.25) is 0 Å². The van der Waals surface area contributed by atoms with Crippen molar-refractivity contribution in [3.63, 3.8) is 0 Å². The fourth-order valence-electron chi connectivity index (χ4n) is 2.75. The van der Waals surface area contributed by atoms with Crippen molar-refractivity contribution in [3.8, 4) is 11.5 Å². The van der Waals surface area contributed by atoms with Crippen molar-refractivity contribution in [2.75, 3.05) is 32.1 Å². The molecule has 0 heterocycles. The smallest absolute Gasteiger partial charge is 0.193 e. The highest BCUT2D eigenvalue weighted by atomic mass is 127. The van der Waals surface area contributed by atoms with E-state index in [4.69, 9.17) is 15.2 Å². The molecule has 0 amide bonds. The summed E-state index contributed by atoms with van der Waals surface area (Å²) in [5, 5.41) is 3.13. The third-order valence-electron chi connectivity index (χ3n) is 4.24. The van der Waals surface area contributed by atoms with Crippen LogP contribution in [0.15, 0.2) is 47.5 Å². The number of anilines is 1. The second kappa shape index (κ2) is 13.3. The number of benzene rings is 2. The molecule has 2 aromatic carbocycles. The van der Waals surface area contributed by atoms with E-state index in [2.05, 4.69) is 53.4 Å². The van der Waals surface area contributed by atoms with E-state index in [-0.39, 0.29) is 24.0 Å². The average Bonchev–Trinajstić information content (AvgIpc) is 2.69. The molecule has 29 heavy (non-hydrogen) atoms. The Morgan fingerprint density at radius 3 is 2.45 bits per heavy atom. The second-order valence-electron chi connectivity index (χ2n) is 6.50. The fourth-order valence-corrected chi connectivity index (χ4v) is 2.75. The van der Waals surface area contributed by atoms with Crippen LogP contribution in [-0.2, 0) is 13.1 Å². The number of rotatable bonds is 10. The number of hydrogen-bond acceptors (Lipinski definition) is 4. The molecule has 0 unspecified atom stereocenters. The molecule has 0 saturated heterocycles. The van der Waals surface area contributed by atoms with Gasteiger partial charge in [-0.15, -0.1) is 24.0 Å². The minimum atomic E-state index is 0. The summed E-state index contributed by atoms with van der Waals surface area (Å²) in [5.41, 5.74) is 9.26. The van der Waals surface area contributed by atoms with Gasteiger partial charge in [0.1, 0.15) is 11.5 Å². The van der Waals surface area contributed by atoms with Crippen LogP contribution in [0.5, 0.6) is 11.5 Å². The molecule has 6 nitrogen and oxygen atoms in total. The first-order chi connectivity index (χ1) is 13.5. The molecule has 0 spiro atoms. The molecular weight excluding hydrogens is 479 g/mol. The zero-order valence-electron chi connectivity index (χ0n) is 17.8. The van der Waals surface area contributed by atoms with Gasteiger partial charge in [0.15, 0.2) is 5.96 Å². The Bertz CT molecular complexity index is 783. The number of nitrogens with one attached hydrogen (secondary N) is 1. The Kier molecular flexibility index (Phi) is 11.5. The molecular formula is C22H33IN4O2. The largest absolute Gasteiger partial charge is 0.494 e. The number of halogens is 1. The molecule has 0 aliphatic rings. The summed E-state index contributed by atoms with van der Waals surface area (Å²) in [6, 6.07) is 14.1. The van der Waals surface area contributed by atoms with Gasteiger partial charge in [0.2, 0.25) is 0 Å². The van der Waals surface area contributed by atoms with Crippen LogP contribution in [0, 0.1) is 0 Å². The molecule has 160 valence electrons. The molecule has 2 rings (SSSR count). The Balaban J connectivity index is 0.00000420. The van der Waals surface area contributed by atoms with E-state index < -0.39 is 0 Å². The second-order valence-corrected chi connectivity index (χ2v) is 6.50. The maximum Gasteiger partial charge on any atom is 0.193 e. The Morgan fingerprint density at radius 2 is 1.76 bits per heavy atom. The predicted molar refractivity (Wildman–Crippen MR) is 132 cm³/mol. The summed E-state index contributed by atoms with van der Waals surface area (Å²) in [7, 11) is 2.11. The van der Waals surface area contributed by atoms with Crippen molar-refractivity contribution in [2.45, 2.75) is 33.9 Å². The summed E-state index contributed by atoms with van der Waals surface area (Å²) in [6.07, 6.45) is 0. The zero-order chi connectivity index (χ0) is 20.4. The molecule has 3 N–H and O–H groups in total. The van der Waals surface area contributed by atoms with Crippen LogP contribution in [-0.4, -0.2) is 37.7 Å².